The molecule has 2 nitrogen and oxygen atoms in total. The lowest BCUT2D eigenvalue weighted by Gasteiger charge is -2.28. The molecule has 2 aliphatic rings. The third-order valence-electron chi connectivity index (χ3n) is 4.44. The molecule has 1 N–H and O–H groups in total. The standard InChI is InChI=1S/C17H26N2S/c1-2-9-19(10-3-1)17-6-4-15(5-7-17)12-18-13-16-8-11-20-14-16/h4-7,16,18H,1-3,8-14H2. The Bertz CT molecular complexity index is 392. The Balaban J connectivity index is 1.45. The van der Waals surface area contributed by atoms with Crippen LogP contribution in [0.5, 0.6) is 0 Å². The molecular formula is C17H26N2S. The summed E-state index contributed by atoms with van der Waals surface area (Å²) in [6.07, 6.45) is 5.49. The maximum atomic E-state index is 3.62. The summed E-state index contributed by atoms with van der Waals surface area (Å²) in [5, 5.41) is 3.62. The molecule has 1 atom stereocenters. The fourth-order valence-electron chi connectivity index (χ4n) is 3.14. The number of nitrogens with zero attached hydrogens (tertiary/aromatic N) is 1. The van der Waals surface area contributed by atoms with Crippen LogP contribution < -0.4 is 10.2 Å². The molecule has 0 spiro atoms. The van der Waals surface area contributed by atoms with Gasteiger partial charge < -0.3 is 10.2 Å². The minimum absolute atomic E-state index is 0.896. The van der Waals surface area contributed by atoms with E-state index in [1.165, 1.54) is 68.1 Å². The van der Waals surface area contributed by atoms with Crippen LogP contribution in [-0.4, -0.2) is 31.1 Å². The lowest BCUT2D eigenvalue weighted by molar-refractivity contribution is 0.523. The second-order valence-corrected chi connectivity index (χ2v) is 7.22. The summed E-state index contributed by atoms with van der Waals surface area (Å²) in [7, 11) is 0. The molecule has 0 aliphatic carbocycles. The van der Waals surface area contributed by atoms with E-state index in [1.54, 1.807) is 0 Å². The topological polar surface area (TPSA) is 15.3 Å². The number of nitrogens with one attached hydrogen (secondary N) is 1. The van der Waals surface area contributed by atoms with E-state index in [0.717, 1.165) is 12.5 Å². The quantitative estimate of drug-likeness (QED) is 0.893. The molecule has 1 unspecified atom stereocenters. The van der Waals surface area contributed by atoms with Gasteiger partial charge in [-0.05, 0) is 67.3 Å². The Hall–Kier alpha value is -0.670. The third kappa shape index (κ3) is 3.92. The van der Waals surface area contributed by atoms with Crippen molar-refractivity contribution >= 4 is 17.4 Å². The van der Waals surface area contributed by atoms with Crippen molar-refractivity contribution in [2.75, 3.05) is 36.0 Å². The molecule has 0 saturated carbocycles. The number of rotatable bonds is 5. The minimum Gasteiger partial charge on any atom is -0.372 e. The second kappa shape index (κ2) is 7.37. The molecule has 0 radical (unpaired) electrons. The van der Waals surface area contributed by atoms with Crippen molar-refractivity contribution in [2.24, 2.45) is 5.92 Å². The molecule has 1 aromatic rings. The monoisotopic (exact) mass is 290 g/mol. The van der Waals surface area contributed by atoms with E-state index in [4.69, 9.17) is 0 Å². The van der Waals surface area contributed by atoms with Crippen molar-refractivity contribution in [1.29, 1.82) is 0 Å². The van der Waals surface area contributed by atoms with Gasteiger partial charge in [0.05, 0.1) is 0 Å². The van der Waals surface area contributed by atoms with Gasteiger partial charge in [-0.15, -0.1) is 0 Å². The van der Waals surface area contributed by atoms with Crippen molar-refractivity contribution in [3.8, 4) is 0 Å². The average molecular weight is 290 g/mol. The molecule has 2 saturated heterocycles. The average Bonchev–Trinajstić information content (AvgIpc) is 3.02. The van der Waals surface area contributed by atoms with Crippen molar-refractivity contribution in [2.45, 2.75) is 32.2 Å². The molecule has 2 heterocycles. The fourth-order valence-corrected chi connectivity index (χ4v) is 4.43. The van der Waals surface area contributed by atoms with Gasteiger partial charge in [-0.2, -0.15) is 11.8 Å². The van der Waals surface area contributed by atoms with Crippen molar-refractivity contribution < 1.29 is 0 Å². The minimum atomic E-state index is 0.896. The van der Waals surface area contributed by atoms with Gasteiger partial charge >= 0.3 is 0 Å². The van der Waals surface area contributed by atoms with Gasteiger partial charge in [-0.25, -0.2) is 0 Å². The normalized spacial score (nSPS) is 23.2. The zero-order valence-electron chi connectivity index (χ0n) is 12.3. The van der Waals surface area contributed by atoms with Gasteiger partial charge in [0.25, 0.3) is 0 Å². The van der Waals surface area contributed by atoms with Gasteiger partial charge in [0.1, 0.15) is 0 Å². The Morgan fingerprint density at radius 2 is 1.90 bits per heavy atom. The van der Waals surface area contributed by atoms with Crippen molar-refractivity contribution in [3.05, 3.63) is 29.8 Å². The number of piperidine rings is 1. The summed E-state index contributed by atoms with van der Waals surface area (Å²) in [4.78, 5) is 2.52. The first-order valence-corrected chi connectivity index (χ1v) is 9.19. The van der Waals surface area contributed by atoms with E-state index in [9.17, 15) is 0 Å². The van der Waals surface area contributed by atoms with Gasteiger partial charge in [-0.3, -0.25) is 0 Å². The SMILES string of the molecule is c1cc(N2CCCCC2)ccc1CNCC1CCSC1. The summed E-state index contributed by atoms with van der Waals surface area (Å²) in [6, 6.07) is 9.18. The van der Waals surface area contributed by atoms with Crippen LogP contribution in [-0.2, 0) is 6.54 Å². The summed E-state index contributed by atoms with van der Waals surface area (Å²) in [6.45, 7) is 4.66. The third-order valence-corrected chi connectivity index (χ3v) is 5.68. The first-order valence-electron chi connectivity index (χ1n) is 8.04. The van der Waals surface area contributed by atoms with Crippen LogP contribution in [0.4, 0.5) is 5.69 Å². The van der Waals surface area contributed by atoms with E-state index in [2.05, 4.69) is 46.2 Å². The summed E-state index contributed by atoms with van der Waals surface area (Å²) in [5.41, 5.74) is 2.82. The van der Waals surface area contributed by atoms with Crippen LogP contribution >= 0.6 is 11.8 Å². The molecule has 0 amide bonds. The lowest BCUT2D eigenvalue weighted by atomic mass is 10.1. The maximum absolute atomic E-state index is 3.62. The van der Waals surface area contributed by atoms with Crippen LogP contribution in [0, 0.1) is 5.92 Å². The Labute approximate surface area is 127 Å². The molecule has 20 heavy (non-hydrogen) atoms. The first kappa shape index (κ1) is 14.3. The van der Waals surface area contributed by atoms with Crippen LogP contribution in [0.25, 0.3) is 0 Å². The summed E-state index contributed by atoms with van der Waals surface area (Å²) in [5.74, 6) is 3.60. The highest BCUT2D eigenvalue weighted by molar-refractivity contribution is 7.99. The molecular weight excluding hydrogens is 264 g/mol. The largest absolute Gasteiger partial charge is 0.372 e. The maximum Gasteiger partial charge on any atom is 0.0366 e. The highest BCUT2D eigenvalue weighted by Crippen LogP contribution is 2.23. The van der Waals surface area contributed by atoms with Gasteiger partial charge in [0.2, 0.25) is 0 Å². The van der Waals surface area contributed by atoms with Crippen LogP contribution in [0.3, 0.4) is 0 Å². The number of hydrogen-bond acceptors (Lipinski definition) is 3. The molecule has 1 aromatic carbocycles. The van der Waals surface area contributed by atoms with Crippen LogP contribution in [0.15, 0.2) is 24.3 Å². The number of hydrogen-bond donors (Lipinski definition) is 1. The summed E-state index contributed by atoms with van der Waals surface area (Å²) < 4.78 is 0. The first-order chi connectivity index (χ1) is 9.92. The molecule has 3 rings (SSSR count). The Morgan fingerprint density at radius 1 is 1.10 bits per heavy atom. The molecule has 3 heteroatoms. The number of benzene rings is 1. The molecule has 0 aromatic heterocycles. The van der Waals surface area contributed by atoms with E-state index in [0.29, 0.717) is 0 Å². The van der Waals surface area contributed by atoms with Gasteiger partial charge in [-0.1, -0.05) is 12.1 Å². The Morgan fingerprint density at radius 3 is 2.60 bits per heavy atom. The predicted octanol–water partition coefficient (Wildman–Crippen LogP) is 3.52. The second-order valence-electron chi connectivity index (χ2n) is 6.07. The van der Waals surface area contributed by atoms with E-state index in [-0.39, 0.29) is 0 Å². The van der Waals surface area contributed by atoms with Crippen LogP contribution in [0.2, 0.25) is 0 Å². The summed E-state index contributed by atoms with van der Waals surface area (Å²) >= 11 is 2.10. The van der Waals surface area contributed by atoms with E-state index >= 15 is 0 Å². The molecule has 2 fully saturated rings. The Kier molecular flexibility index (Phi) is 5.26. The smallest absolute Gasteiger partial charge is 0.0366 e. The highest BCUT2D eigenvalue weighted by atomic mass is 32.2. The fraction of sp³-hybridized carbons (Fsp3) is 0.647. The van der Waals surface area contributed by atoms with Gasteiger partial charge in [0, 0.05) is 25.3 Å². The lowest BCUT2D eigenvalue weighted by Crippen LogP contribution is -2.29. The number of anilines is 1. The van der Waals surface area contributed by atoms with Crippen molar-refractivity contribution in [1.82, 2.24) is 5.32 Å². The van der Waals surface area contributed by atoms with E-state index in [1.807, 2.05) is 0 Å². The van der Waals surface area contributed by atoms with E-state index < -0.39 is 0 Å². The number of thioether (sulfide) groups is 1. The zero-order chi connectivity index (χ0) is 13.6. The molecule has 2 aliphatic heterocycles. The van der Waals surface area contributed by atoms with Gasteiger partial charge in [0.15, 0.2) is 0 Å². The molecule has 110 valence electrons. The van der Waals surface area contributed by atoms with Crippen LogP contribution in [0.1, 0.15) is 31.2 Å². The predicted molar refractivity (Wildman–Crippen MR) is 89.6 cm³/mol. The van der Waals surface area contributed by atoms with Crippen molar-refractivity contribution in [3.63, 3.8) is 0 Å². The molecule has 0 bridgehead atoms. The zero-order valence-corrected chi connectivity index (χ0v) is 13.1. The highest BCUT2D eigenvalue weighted by Gasteiger charge is 2.14.